The molecular weight excluding hydrogens is 204 g/mol. The Morgan fingerprint density at radius 2 is 1.60 bits per heavy atom. The molecule has 0 spiro atoms. The van der Waals surface area contributed by atoms with E-state index < -0.39 is 0 Å². The molecule has 1 unspecified atom stereocenters. The molecular formula is C14H21Cl. The molecule has 0 nitrogen and oxygen atoms in total. The summed E-state index contributed by atoms with van der Waals surface area (Å²) in [5, 5.41) is 0.297. The van der Waals surface area contributed by atoms with Crippen molar-refractivity contribution < 1.29 is 0 Å². The van der Waals surface area contributed by atoms with Crippen molar-refractivity contribution in [3.63, 3.8) is 0 Å². The monoisotopic (exact) mass is 224 g/mol. The van der Waals surface area contributed by atoms with Crippen LogP contribution in [0.2, 0.25) is 0 Å². The molecule has 1 atom stereocenters. The van der Waals surface area contributed by atoms with Crippen LogP contribution in [0.3, 0.4) is 0 Å². The summed E-state index contributed by atoms with van der Waals surface area (Å²) in [5.41, 5.74) is 4.11. The second kappa shape index (κ2) is 5.55. The second-order valence-corrected chi connectivity index (χ2v) is 5.36. The summed E-state index contributed by atoms with van der Waals surface area (Å²) < 4.78 is 0. The molecule has 0 N–H and O–H groups in total. The van der Waals surface area contributed by atoms with Crippen LogP contribution in [0.4, 0.5) is 0 Å². The smallest absolute Gasteiger partial charge is 0.0362 e. The van der Waals surface area contributed by atoms with Crippen LogP contribution in [0.25, 0.3) is 0 Å². The molecule has 84 valence electrons. The Kier molecular flexibility index (Phi) is 4.66. The summed E-state index contributed by atoms with van der Waals surface area (Å²) in [7, 11) is 0. The van der Waals surface area contributed by atoms with Crippen LogP contribution >= 0.6 is 11.6 Å². The maximum absolute atomic E-state index is 6.25. The molecule has 1 aromatic rings. The molecule has 0 amide bonds. The van der Waals surface area contributed by atoms with Gasteiger partial charge in [0.2, 0.25) is 0 Å². The van der Waals surface area contributed by atoms with Crippen molar-refractivity contribution in [1.82, 2.24) is 0 Å². The first kappa shape index (κ1) is 12.6. The van der Waals surface area contributed by atoms with Crippen LogP contribution < -0.4 is 0 Å². The zero-order valence-electron chi connectivity index (χ0n) is 10.2. The molecule has 0 aliphatic carbocycles. The molecule has 0 aliphatic heterocycles. The van der Waals surface area contributed by atoms with Crippen LogP contribution in [0.5, 0.6) is 0 Å². The minimum atomic E-state index is 0.297. The molecule has 15 heavy (non-hydrogen) atoms. The van der Waals surface area contributed by atoms with Gasteiger partial charge in [-0.25, -0.2) is 0 Å². The lowest BCUT2D eigenvalue weighted by atomic mass is 9.99. The minimum Gasteiger partial charge on any atom is -0.123 e. The third kappa shape index (κ3) is 4.25. The highest BCUT2D eigenvalue weighted by molar-refractivity contribution is 6.20. The van der Waals surface area contributed by atoms with Gasteiger partial charge in [0.15, 0.2) is 0 Å². The molecule has 0 saturated heterocycles. The second-order valence-electron chi connectivity index (χ2n) is 4.79. The van der Waals surface area contributed by atoms with Gasteiger partial charge in [-0.05, 0) is 38.2 Å². The van der Waals surface area contributed by atoms with Gasteiger partial charge in [0.05, 0.1) is 0 Å². The highest BCUT2D eigenvalue weighted by Crippen LogP contribution is 2.18. The average Bonchev–Trinajstić information content (AvgIpc) is 2.12. The van der Waals surface area contributed by atoms with E-state index in [0.717, 1.165) is 12.8 Å². The largest absolute Gasteiger partial charge is 0.123 e. The van der Waals surface area contributed by atoms with E-state index in [1.165, 1.54) is 16.7 Å². The van der Waals surface area contributed by atoms with Crippen LogP contribution in [0.1, 0.15) is 37.0 Å². The fourth-order valence-corrected chi connectivity index (χ4v) is 1.96. The summed E-state index contributed by atoms with van der Waals surface area (Å²) in [6.07, 6.45) is 2.16. The number of hydrogen-bond acceptors (Lipinski definition) is 0. The number of benzene rings is 1. The molecule has 0 aromatic heterocycles. The van der Waals surface area contributed by atoms with Gasteiger partial charge in [0.1, 0.15) is 0 Å². The van der Waals surface area contributed by atoms with Gasteiger partial charge in [0.25, 0.3) is 0 Å². The SMILES string of the molecule is Cc1cc(C)cc(CCC(Cl)C(C)C)c1. The van der Waals surface area contributed by atoms with Crippen LogP contribution in [-0.2, 0) is 6.42 Å². The Morgan fingerprint density at radius 1 is 1.07 bits per heavy atom. The lowest BCUT2D eigenvalue weighted by Crippen LogP contribution is -2.08. The molecule has 0 saturated carbocycles. The predicted octanol–water partition coefficient (Wildman–Crippen LogP) is 4.50. The summed E-state index contributed by atoms with van der Waals surface area (Å²) in [4.78, 5) is 0. The van der Waals surface area contributed by atoms with Crippen LogP contribution in [-0.4, -0.2) is 5.38 Å². The summed E-state index contributed by atoms with van der Waals surface area (Å²) >= 11 is 6.25. The normalized spacial score (nSPS) is 13.2. The van der Waals surface area contributed by atoms with E-state index in [1.807, 2.05) is 0 Å². The van der Waals surface area contributed by atoms with Crippen molar-refractivity contribution >= 4 is 11.6 Å². The third-order valence-electron chi connectivity index (χ3n) is 2.71. The van der Waals surface area contributed by atoms with Crippen molar-refractivity contribution in [2.24, 2.45) is 5.92 Å². The Hall–Kier alpha value is -0.490. The molecule has 1 aromatic carbocycles. The molecule has 0 radical (unpaired) electrons. The van der Waals surface area contributed by atoms with E-state index in [1.54, 1.807) is 0 Å². The molecule has 1 heteroatoms. The minimum absolute atomic E-state index is 0.297. The van der Waals surface area contributed by atoms with E-state index in [-0.39, 0.29) is 0 Å². The van der Waals surface area contributed by atoms with Gasteiger partial charge in [-0.1, -0.05) is 43.2 Å². The van der Waals surface area contributed by atoms with Gasteiger partial charge >= 0.3 is 0 Å². The Bertz CT molecular complexity index is 295. The molecule has 0 bridgehead atoms. The predicted molar refractivity (Wildman–Crippen MR) is 68.7 cm³/mol. The Labute approximate surface area is 98.7 Å². The van der Waals surface area contributed by atoms with E-state index in [9.17, 15) is 0 Å². The molecule has 1 rings (SSSR count). The highest BCUT2D eigenvalue weighted by atomic mass is 35.5. The van der Waals surface area contributed by atoms with Gasteiger partial charge < -0.3 is 0 Å². The van der Waals surface area contributed by atoms with Crippen LogP contribution in [0, 0.1) is 19.8 Å². The third-order valence-corrected chi connectivity index (χ3v) is 3.44. The first-order valence-corrected chi connectivity index (χ1v) is 6.14. The maximum atomic E-state index is 6.25. The van der Waals surface area contributed by atoms with Crippen molar-refractivity contribution in [3.05, 3.63) is 34.9 Å². The van der Waals surface area contributed by atoms with Crippen LogP contribution in [0.15, 0.2) is 18.2 Å². The fraction of sp³-hybridized carbons (Fsp3) is 0.571. The Balaban J connectivity index is 2.57. The van der Waals surface area contributed by atoms with Crippen molar-refractivity contribution in [2.45, 2.75) is 45.9 Å². The average molecular weight is 225 g/mol. The maximum Gasteiger partial charge on any atom is 0.0362 e. The summed E-state index contributed by atoms with van der Waals surface area (Å²) in [6.45, 7) is 8.66. The lowest BCUT2D eigenvalue weighted by molar-refractivity contribution is 0.565. The molecule has 0 fully saturated rings. The Morgan fingerprint density at radius 3 is 2.07 bits per heavy atom. The van der Waals surface area contributed by atoms with E-state index in [0.29, 0.717) is 11.3 Å². The summed E-state index contributed by atoms with van der Waals surface area (Å²) in [6, 6.07) is 6.73. The van der Waals surface area contributed by atoms with Gasteiger partial charge in [-0.2, -0.15) is 0 Å². The van der Waals surface area contributed by atoms with E-state index in [4.69, 9.17) is 11.6 Å². The number of rotatable bonds is 4. The zero-order valence-corrected chi connectivity index (χ0v) is 10.9. The number of aryl methyl sites for hydroxylation is 3. The lowest BCUT2D eigenvalue weighted by Gasteiger charge is -2.13. The van der Waals surface area contributed by atoms with Crippen molar-refractivity contribution in [1.29, 1.82) is 0 Å². The fourth-order valence-electron chi connectivity index (χ4n) is 1.85. The quantitative estimate of drug-likeness (QED) is 0.661. The van der Waals surface area contributed by atoms with Gasteiger partial charge in [0, 0.05) is 5.38 Å². The van der Waals surface area contributed by atoms with E-state index in [2.05, 4.69) is 45.9 Å². The molecule has 0 aliphatic rings. The van der Waals surface area contributed by atoms with E-state index >= 15 is 0 Å². The zero-order chi connectivity index (χ0) is 11.4. The van der Waals surface area contributed by atoms with Crippen molar-refractivity contribution in [3.8, 4) is 0 Å². The first-order chi connectivity index (χ1) is 6.99. The summed E-state index contributed by atoms with van der Waals surface area (Å²) in [5.74, 6) is 0.567. The number of alkyl halides is 1. The number of hydrogen-bond donors (Lipinski definition) is 0. The molecule has 0 heterocycles. The topological polar surface area (TPSA) is 0 Å². The van der Waals surface area contributed by atoms with Gasteiger partial charge in [-0.15, -0.1) is 11.6 Å². The van der Waals surface area contributed by atoms with Gasteiger partial charge in [-0.3, -0.25) is 0 Å². The van der Waals surface area contributed by atoms with Crippen molar-refractivity contribution in [2.75, 3.05) is 0 Å². The first-order valence-electron chi connectivity index (χ1n) is 5.70. The standard InChI is InChI=1S/C14H21Cl/c1-10(2)14(15)6-5-13-8-11(3)7-12(4)9-13/h7-10,14H,5-6H2,1-4H3. The highest BCUT2D eigenvalue weighted by Gasteiger charge is 2.09. The number of halogens is 1.